The topological polar surface area (TPSA) is 79.8 Å². The van der Waals surface area contributed by atoms with Crippen molar-refractivity contribution in [2.75, 3.05) is 17.2 Å². The summed E-state index contributed by atoms with van der Waals surface area (Å²) in [5.41, 5.74) is 2.80. The van der Waals surface area contributed by atoms with Crippen molar-refractivity contribution in [2.24, 2.45) is 0 Å². The summed E-state index contributed by atoms with van der Waals surface area (Å²) in [6.07, 6.45) is 3.16. The number of anilines is 2. The fourth-order valence-corrected chi connectivity index (χ4v) is 1.75. The molecule has 2 heterocycles. The SMILES string of the molecule is CCNc1ccncc1C(=O)Nc1nncs1. The van der Waals surface area contributed by atoms with Crippen LogP contribution in [0.2, 0.25) is 0 Å². The molecule has 88 valence electrons. The lowest BCUT2D eigenvalue weighted by Gasteiger charge is -2.08. The van der Waals surface area contributed by atoms with Gasteiger partial charge in [0, 0.05) is 18.9 Å². The molecule has 0 bridgehead atoms. The number of nitrogens with one attached hydrogen (secondary N) is 2. The number of aromatic nitrogens is 3. The summed E-state index contributed by atoms with van der Waals surface area (Å²) in [5, 5.41) is 13.6. The van der Waals surface area contributed by atoms with Crippen molar-refractivity contribution in [3.8, 4) is 0 Å². The lowest BCUT2D eigenvalue weighted by molar-refractivity contribution is 0.102. The molecule has 0 atom stereocenters. The van der Waals surface area contributed by atoms with Crippen LogP contribution in [0.15, 0.2) is 24.0 Å². The largest absolute Gasteiger partial charge is 0.385 e. The summed E-state index contributed by atoms with van der Waals surface area (Å²) < 4.78 is 0. The molecule has 0 fully saturated rings. The summed E-state index contributed by atoms with van der Waals surface area (Å²) in [5.74, 6) is -0.245. The van der Waals surface area contributed by atoms with Crippen LogP contribution in [-0.4, -0.2) is 27.6 Å². The average Bonchev–Trinajstić information content (AvgIpc) is 2.83. The molecular formula is C10H11N5OS. The van der Waals surface area contributed by atoms with Crippen molar-refractivity contribution in [3.05, 3.63) is 29.5 Å². The Morgan fingerprint density at radius 3 is 3.12 bits per heavy atom. The van der Waals surface area contributed by atoms with Crippen LogP contribution in [0.1, 0.15) is 17.3 Å². The molecule has 2 rings (SSSR count). The Morgan fingerprint density at radius 2 is 2.41 bits per heavy atom. The van der Waals surface area contributed by atoms with Gasteiger partial charge in [-0.25, -0.2) is 0 Å². The maximum atomic E-state index is 12.0. The third kappa shape index (κ3) is 2.76. The number of hydrogen-bond donors (Lipinski definition) is 2. The highest BCUT2D eigenvalue weighted by atomic mass is 32.1. The minimum atomic E-state index is -0.245. The van der Waals surface area contributed by atoms with Gasteiger partial charge in [0.15, 0.2) is 0 Å². The van der Waals surface area contributed by atoms with Gasteiger partial charge in [-0.05, 0) is 13.0 Å². The van der Waals surface area contributed by atoms with Crippen molar-refractivity contribution in [2.45, 2.75) is 6.92 Å². The quantitative estimate of drug-likeness (QED) is 0.860. The Hall–Kier alpha value is -2.02. The van der Waals surface area contributed by atoms with Gasteiger partial charge in [0.2, 0.25) is 5.13 Å². The van der Waals surface area contributed by atoms with E-state index in [0.717, 1.165) is 12.2 Å². The van der Waals surface area contributed by atoms with Crippen molar-refractivity contribution in [1.29, 1.82) is 0 Å². The van der Waals surface area contributed by atoms with Gasteiger partial charge >= 0.3 is 0 Å². The second-order valence-electron chi connectivity index (χ2n) is 3.15. The molecule has 2 aromatic heterocycles. The predicted octanol–water partition coefficient (Wildman–Crippen LogP) is 1.62. The normalized spacial score (nSPS) is 9.94. The molecule has 1 amide bonds. The molecule has 2 aromatic rings. The van der Waals surface area contributed by atoms with Crippen LogP contribution in [0.3, 0.4) is 0 Å². The van der Waals surface area contributed by atoms with Gasteiger partial charge < -0.3 is 5.32 Å². The Labute approximate surface area is 102 Å². The smallest absolute Gasteiger partial charge is 0.261 e. The van der Waals surface area contributed by atoms with Gasteiger partial charge in [-0.1, -0.05) is 11.3 Å². The van der Waals surface area contributed by atoms with E-state index in [1.54, 1.807) is 17.8 Å². The zero-order valence-electron chi connectivity index (χ0n) is 9.17. The van der Waals surface area contributed by atoms with Crippen molar-refractivity contribution >= 4 is 28.1 Å². The second kappa shape index (κ2) is 5.35. The number of carbonyl (C=O) groups excluding carboxylic acids is 1. The summed E-state index contributed by atoms with van der Waals surface area (Å²) in [4.78, 5) is 15.9. The summed E-state index contributed by atoms with van der Waals surface area (Å²) in [6.45, 7) is 2.70. The molecule has 0 saturated heterocycles. The Morgan fingerprint density at radius 1 is 1.53 bits per heavy atom. The van der Waals surface area contributed by atoms with E-state index in [1.165, 1.54) is 17.5 Å². The molecule has 17 heavy (non-hydrogen) atoms. The van der Waals surface area contributed by atoms with Crippen molar-refractivity contribution < 1.29 is 4.79 Å². The molecule has 0 aliphatic heterocycles. The fourth-order valence-electron chi connectivity index (χ4n) is 1.31. The first-order valence-corrected chi connectivity index (χ1v) is 5.94. The van der Waals surface area contributed by atoms with Gasteiger partial charge in [0.1, 0.15) is 5.51 Å². The van der Waals surface area contributed by atoms with Crippen LogP contribution in [-0.2, 0) is 0 Å². The molecule has 7 heteroatoms. The Bertz CT molecular complexity index is 499. The van der Waals surface area contributed by atoms with Crippen LogP contribution in [0.25, 0.3) is 0 Å². The first kappa shape index (κ1) is 11.5. The van der Waals surface area contributed by atoms with E-state index < -0.39 is 0 Å². The standard InChI is InChI=1S/C10H11N5OS/c1-2-12-8-3-4-11-5-7(8)9(16)14-10-15-13-6-17-10/h3-6H,2H2,1H3,(H,11,12)(H,14,15,16). The third-order valence-corrected chi connectivity index (χ3v) is 2.62. The van der Waals surface area contributed by atoms with E-state index in [4.69, 9.17) is 0 Å². The molecule has 2 N–H and O–H groups in total. The van der Waals surface area contributed by atoms with E-state index in [-0.39, 0.29) is 5.91 Å². The van der Waals surface area contributed by atoms with Gasteiger partial charge in [0.25, 0.3) is 5.91 Å². The summed E-state index contributed by atoms with van der Waals surface area (Å²) in [7, 11) is 0. The van der Waals surface area contributed by atoms with Gasteiger partial charge in [0.05, 0.1) is 11.3 Å². The van der Waals surface area contributed by atoms with Crippen LogP contribution in [0.4, 0.5) is 10.8 Å². The minimum absolute atomic E-state index is 0.245. The summed E-state index contributed by atoms with van der Waals surface area (Å²) in [6, 6.07) is 1.76. The van der Waals surface area contributed by atoms with Gasteiger partial charge in [-0.3, -0.25) is 15.1 Å². The molecule has 0 unspecified atom stereocenters. The number of carbonyl (C=O) groups is 1. The first-order valence-electron chi connectivity index (χ1n) is 5.06. The molecule has 0 radical (unpaired) electrons. The zero-order chi connectivity index (χ0) is 12.1. The van der Waals surface area contributed by atoms with E-state index in [1.807, 2.05) is 6.92 Å². The average molecular weight is 249 g/mol. The second-order valence-corrected chi connectivity index (χ2v) is 3.98. The summed E-state index contributed by atoms with van der Waals surface area (Å²) >= 11 is 1.27. The van der Waals surface area contributed by atoms with Gasteiger partial charge in [-0.15, -0.1) is 10.2 Å². The molecule has 0 aromatic carbocycles. The van der Waals surface area contributed by atoms with Crippen LogP contribution < -0.4 is 10.6 Å². The molecule has 6 nitrogen and oxygen atoms in total. The van der Waals surface area contributed by atoms with Crippen LogP contribution in [0, 0.1) is 0 Å². The van der Waals surface area contributed by atoms with Crippen molar-refractivity contribution in [3.63, 3.8) is 0 Å². The van der Waals surface area contributed by atoms with E-state index in [0.29, 0.717) is 10.7 Å². The zero-order valence-corrected chi connectivity index (χ0v) is 9.99. The minimum Gasteiger partial charge on any atom is -0.385 e. The number of nitrogens with zero attached hydrogens (tertiary/aromatic N) is 3. The maximum absolute atomic E-state index is 12.0. The highest BCUT2D eigenvalue weighted by Crippen LogP contribution is 2.16. The molecule has 0 spiro atoms. The lowest BCUT2D eigenvalue weighted by Crippen LogP contribution is -2.15. The predicted molar refractivity (Wildman–Crippen MR) is 66.3 cm³/mol. The molecule has 0 saturated carbocycles. The lowest BCUT2D eigenvalue weighted by atomic mass is 10.2. The monoisotopic (exact) mass is 249 g/mol. The van der Waals surface area contributed by atoms with Crippen LogP contribution in [0.5, 0.6) is 0 Å². The van der Waals surface area contributed by atoms with E-state index in [9.17, 15) is 4.79 Å². The van der Waals surface area contributed by atoms with E-state index >= 15 is 0 Å². The Balaban J connectivity index is 2.18. The highest BCUT2D eigenvalue weighted by molar-refractivity contribution is 7.13. The fraction of sp³-hybridized carbons (Fsp3) is 0.200. The molecule has 0 aliphatic carbocycles. The van der Waals surface area contributed by atoms with E-state index in [2.05, 4.69) is 25.8 Å². The molecular weight excluding hydrogens is 238 g/mol. The third-order valence-electron chi connectivity index (χ3n) is 2.01. The number of amides is 1. The number of hydrogen-bond acceptors (Lipinski definition) is 6. The Kier molecular flexibility index (Phi) is 3.61. The van der Waals surface area contributed by atoms with Crippen molar-refractivity contribution in [1.82, 2.24) is 15.2 Å². The number of pyridine rings is 1. The van der Waals surface area contributed by atoms with Gasteiger partial charge in [-0.2, -0.15) is 0 Å². The maximum Gasteiger partial charge on any atom is 0.261 e. The first-order chi connectivity index (χ1) is 8.31. The number of rotatable bonds is 4. The highest BCUT2D eigenvalue weighted by Gasteiger charge is 2.12. The molecule has 0 aliphatic rings. The van der Waals surface area contributed by atoms with Crippen LogP contribution >= 0.6 is 11.3 Å².